The summed E-state index contributed by atoms with van der Waals surface area (Å²) in [4.78, 5) is 16.7. The van der Waals surface area contributed by atoms with Gasteiger partial charge in [-0.05, 0) is 45.0 Å². The lowest BCUT2D eigenvalue weighted by molar-refractivity contribution is 0.0770. The second kappa shape index (κ2) is 6.80. The van der Waals surface area contributed by atoms with E-state index in [9.17, 15) is 4.79 Å². The first-order valence-corrected chi connectivity index (χ1v) is 7.48. The molecule has 1 atom stereocenters. The minimum Gasteiger partial charge on any atom is -0.491 e. The summed E-state index contributed by atoms with van der Waals surface area (Å²) in [5, 5.41) is 0. The Labute approximate surface area is 126 Å². The number of rotatable bonds is 5. The first-order chi connectivity index (χ1) is 10.0. The number of benzene rings is 1. The van der Waals surface area contributed by atoms with Gasteiger partial charge in [0.1, 0.15) is 0 Å². The van der Waals surface area contributed by atoms with Gasteiger partial charge in [0.05, 0.1) is 17.9 Å². The fourth-order valence-corrected chi connectivity index (χ4v) is 2.88. The second-order valence-corrected chi connectivity index (χ2v) is 5.76. The summed E-state index contributed by atoms with van der Waals surface area (Å²) in [5.41, 5.74) is 6.98. The van der Waals surface area contributed by atoms with Crippen LogP contribution in [0.1, 0.15) is 23.7 Å². The van der Waals surface area contributed by atoms with Gasteiger partial charge in [-0.3, -0.25) is 4.79 Å². The number of likely N-dealkylation sites (tertiary alicyclic amines) is 1. The van der Waals surface area contributed by atoms with Crippen LogP contribution >= 0.6 is 0 Å². The Kier molecular flexibility index (Phi) is 5.07. The largest absolute Gasteiger partial charge is 0.491 e. The van der Waals surface area contributed by atoms with Crippen LogP contribution in [-0.2, 0) is 0 Å². The fourth-order valence-electron chi connectivity index (χ4n) is 2.88. The van der Waals surface area contributed by atoms with Crippen LogP contribution < -0.4 is 10.5 Å². The third-order valence-corrected chi connectivity index (χ3v) is 3.93. The minimum atomic E-state index is -0.0275. The Bertz CT molecular complexity index is 504. The van der Waals surface area contributed by atoms with E-state index in [2.05, 4.69) is 11.9 Å². The lowest BCUT2D eigenvalue weighted by Gasteiger charge is -2.22. The van der Waals surface area contributed by atoms with E-state index in [0.29, 0.717) is 29.5 Å². The molecule has 1 aromatic carbocycles. The van der Waals surface area contributed by atoms with E-state index in [0.717, 1.165) is 26.1 Å². The molecule has 1 fully saturated rings. The molecule has 1 aromatic rings. The van der Waals surface area contributed by atoms with E-state index < -0.39 is 0 Å². The molecule has 1 amide bonds. The number of ether oxygens (including phenoxy) is 1. The summed E-state index contributed by atoms with van der Waals surface area (Å²) in [5.74, 6) is 1.02. The molecule has 1 aliphatic heterocycles. The molecule has 21 heavy (non-hydrogen) atoms. The zero-order valence-electron chi connectivity index (χ0n) is 13.1. The predicted octanol–water partition coefficient (Wildman–Crippen LogP) is 1.69. The summed E-state index contributed by atoms with van der Waals surface area (Å²) in [6.07, 6.45) is 1.14. The second-order valence-electron chi connectivity index (χ2n) is 5.76. The summed E-state index contributed by atoms with van der Waals surface area (Å²) in [6.45, 7) is 5.30. The zero-order chi connectivity index (χ0) is 15.4. The van der Waals surface area contributed by atoms with Crippen LogP contribution in [0.25, 0.3) is 0 Å². The number of nitrogen functional groups attached to an aromatic ring is 1. The highest BCUT2D eigenvalue weighted by atomic mass is 16.5. The molecule has 0 spiro atoms. The molecule has 0 saturated carbocycles. The molecule has 1 heterocycles. The molecule has 0 aromatic heterocycles. The number of anilines is 1. The summed E-state index contributed by atoms with van der Waals surface area (Å²) in [7, 11) is 3.96. The number of carbonyl (C=O) groups excluding carboxylic acids is 1. The van der Waals surface area contributed by atoms with Crippen molar-refractivity contribution in [1.82, 2.24) is 9.80 Å². The highest BCUT2D eigenvalue weighted by molar-refractivity contribution is 5.98. The van der Waals surface area contributed by atoms with Gasteiger partial charge in [-0.15, -0.1) is 0 Å². The topological polar surface area (TPSA) is 58.8 Å². The number of nitrogens with zero attached hydrogens (tertiary/aromatic N) is 2. The quantitative estimate of drug-likeness (QED) is 0.839. The number of carbonyl (C=O) groups is 1. The molecule has 0 aliphatic carbocycles. The van der Waals surface area contributed by atoms with Crippen molar-refractivity contribution in [2.75, 3.05) is 46.1 Å². The van der Waals surface area contributed by atoms with Crippen molar-refractivity contribution < 1.29 is 9.53 Å². The molecule has 5 heteroatoms. The van der Waals surface area contributed by atoms with E-state index in [1.54, 1.807) is 23.1 Å². The Hall–Kier alpha value is -1.75. The Morgan fingerprint density at radius 1 is 1.52 bits per heavy atom. The average Bonchev–Trinajstić information content (AvgIpc) is 2.85. The number of hydrogen-bond donors (Lipinski definition) is 1. The molecule has 2 rings (SSSR count). The number of nitrogens with two attached hydrogens (primary N) is 1. The number of hydrogen-bond acceptors (Lipinski definition) is 4. The third-order valence-electron chi connectivity index (χ3n) is 3.93. The van der Waals surface area contributed by atoms with Crippen molar-refractivity contribution >= 4 is 11.6 Å². The van der Waals surface area contributed by atoms with Crippen LogP contribution in [0.2, 0.25) is 0 Å². The van der Waals surface area contributed by atoms with Crippen molar-refractivity contribution in [2.45, 2.75) is 13.3 Å². The van der Waals surface area contributed by atoms with Crippen LogP contribution in [-0.4, -0.2) is 56.0 Å². The molecule has 1 saturated heterocycles. The highest BCUT2D eigenvalue weighted by Crippen LogP contribution is 2.28. The maximum atomic E-state index is 12.6. The molecular weight excluding hydrogens is 266 g/mol. The SMILES string of the molecule is CCOc1c(N)cccc1C(=O)N(C)CC1CCN(C)C1. The Morgan fingerprint density at radius 3 is 2.90 bits per heavy atom. The standard InChI is InChI=1S/C16H25N3O2/c1-4-21-15-13(6-5-7-14(15)17)16(20)19(3)11-12-8-9-18(2)10-12/h5-7,12H,4,8-11,17H2,1-3H3. The number of amides is 1. The lowest BCUT2D eigenvalue weighted by atomic mass is 10.1. The monoisotopic (exact) mass is 291 g/mol. The normalized spacial score (nSPS) is 18.7. The molecule has 116 valence electrons. The molecule has 1 aliphatic rings. The van der Waals surface area contributed by atoms with Crippen LogP contribution in [0.4, 0.5) is 5.69 Å². The average molecular weight is 291 g/mol. The molecule has 0 radical (unpaired) electrons. The fraction of sp³-hybridized carbons (Fsp3) is 0.562. The van der Waals surface area contributed by atoms with Crippen molar-refractivity contribution in [3.05, 3.63) is 23.8 Å². The van der Waals surface area contributed by atoms with Crippen molar-refractivity contribution in [3.63, 3.8) is 0 Å². The van der Waals surface area contributed by atoms with E-state index in [1.165, 1.54) is 0 Å². The maximum Gasteiger partial charge on any atom is 0.257 e. The van der Waals surface area contributed by atoms with Crippen molar-refractivity contribution in [2.24, 2.45) is 5.92 Å². The van der Waals surface area contributed by atoms with E-state index >= 15 is 0 Å². The van der Waals surface area contributed by atoms with Crippen LogP contribution in [0.15, 0.2) is 18.2 Å². The van der Waals surface area contributed by atoms with Gasteiger partial charge in [0.15, 0.2) is 5.75 Å². The molecule has 0 bridgehead atoms. The number of para-hydroxylation sites is 1. The third kappa shape index (κ3) is 3.67. The van der Waals surface area contributed by atoms with Crippen molar-refractivity contribution in [3.8, 4) is 5.75 Å². The van der Waals surface area contributed by atoms with Crippen LogP contribution in [0.3, 0.4) is 0 Å². The summed E-state index contributed by atoms with van der Waals surface area (Å²) >= 11 is 0. The highest BCUT2D eigenvalue weighted by Gasteiger charge is 2.24. The predicted molar refractivity (Wildman–Crippen MR) is 84.6 cm³/mol. The van der Waals surface area contributed by atoms with Gasteiger partial charge in [0.2, 0.25) is 0 Å². The van der Waals surface area contributed by atoms with E-state index in [1.807, 2.05) is 14.0 Å². The Balaban J connectivity index is 2.10. The first-order valence-electron chi connectivity index (χ1n) is 7.48. The lowest BCUT2D eigenvalue weighted by Crippen LogP contribution is -2.33. The van der Waals surface area contributed by atoms with E-state index in [4.69, 9.17) is 10.5 Å². The van der Waals surface area contributed by atoms with Gasteiger partial charge in [-0.2, -0.15) is 0 Å². The van der Waals surface area contributed by atoms with Gasteiger partial charge in [0, 0.05) is 20.1 Å². The van der Waals surface area contributed by atoms with Crippen LogP contribution in [0, 0.1) is 5.92 Å². The summed E-state index contributed by atoms with van der Waals surface area (Å²) in [6, 6.07) is 5.33. The smallest absolute Gasteiger partial charge is 0.257 e. The molecule has 1 unspecified atom stereocenters. The minimum absolute atomic E-state index is 0.0275. The Morgan fingerprint density at radius 2 is 2.29 bits per heavy atom. The molecular formula is C16H25N3O2. The van der Waals surface area contributed by atoms with Gasteiger partial charge in [-0.1, -0.05) is 6.07 Å². The van der Waals surface area contributed by atoms with Gasteiger partial charge in [0.25, 0.3) is 5.91 Å². The maximum absolute atomic E-state index is 12.6. The first kappa shape index (κ1) is 15.6. The van der Waals surface area contributed by atoms with Gasteiger partial charge in [-0.25, -0.2) is 0 Å². The zero-order valence-corrected chi connectivity index (χ0v) is 13.1. The molecule has 5 nitrogen and oxygen atoms in total. The van der Waals surface area contributed by atoms with Crippen LogP contribution in [0.5, 0.6) is 5.75 Å². The molecule has 2 N–H and O–H groups in total. The van der Waals surface area contributed by atoms with Gasteiger partial charge >= 0.3 is 0 Å². The van der Waals surface area contributed by atoms with E-state index in [-0.39, 0.29) is 5.91 Å². The van der Waals surface area contributed by atoms with Gasteiger partial charge < -0.3 is 20.3 Å². The van der Waals surface area contributed by atoms with Crippen molar-refractivity contribution in [1.29, 1.82) is 0 Å². The summed E-state index contributed by atoms with van der Waals surface area (Å²) < 4.78 is 5.55.